The van der Waals surface area contributed by atoms with E-state index in [1.165, 1.54) is 0 Å². The number of ether oxygens (including phenoxy) is 1. The largest absolute Gasteiger partial charge is 0.460 e. The van der Waals surface area contributed by atoms with Gasteiger partial charge in [0.15, 0.2) is 0 Å². The molecule has 0 N–H and O–H groups in total. The van der Waals surface area contributed by atoms with Crippen LogP contribution in [-0.4, -0.2) is 21.8 Å². The summed E-state index contributed by atoms with van der Waals surface area (Å²) in [5, 5.41) is 7.95. The molecule has 0 atom stereocenters. The summed E-state index contributed by atoms with van der Waals surface area (Å²) in [7, 11) is 0. The summed E-state index contributed by atoms with van der Waals surface area (Å²) in [5.41, 5.74) is -0.407. The molecule has 21 heavy (non-hydrogen) atoms. The molecule has 1 aliphatic rings. The van der Waals surface area contributed by atoms with Gasteiger partial charge in [-0.15, -0.1) is 21.8 Å². The molecule has 0 saturated heterocycles. The van der Waals surface area contributed by atoms with Crippen LogP contribution in [0.5, 0.6) is 0 Å². The second-order valence-corrected chi connectivity index (χ2v) is 6.94. The van der Waals surface area contributed by atoms with E-state index in [4.69, 9.17) is 20.8 Å². The molecule has 0 aromatic carbocycles. The smallest absolute Gasteiger partial charge is 0.306 e. The molecule has 0 bridgehead atoms. The van der Waals surface area contributed by atoms with Crippen LogP contribution < -0.4 is 0 Å². The van der Waals surface area contributed by atoms with Crippen LogP contribution >= 0.6 is 11.6 Å². The Bertz CT molecular complexity index is 474. The number of alkyl halides is 1. The van der Waals surface area contributed by atoms with Crippen molar-refractivity contribution in [2.45, 2.75) is 70.3 Å². The Morgan fingerprint density at radius 3 is 2.48 bits per heavy atom. The van der Waals surface area contributed by atoms with Crippen molar-refractivity contribution in [3.05, 3.63) is 11.8 Å². The van der Waals surface area contributed by atoms with E-state index in [1.807, 2.05) is 20.8 Å². The predicted octanol–water partition coefficient (Wildman–Crippen LogP) is 3.81. The third-order valence-corrected chi connectivity index (χ3v) is 3.90. The number of hydrogen-bond donors (Lipinski definition) is 0. The summed E-state index contributed by atoms with van der Waals surface area (Å²) in [6.45, 7) is 5.68. The average molecular weight is 315 g/mol. The van der Waals surface area contributed by atoms with E-state index < -0.39 is 5.60 Å². The lowest BCUT2D eigenvalue weighted by atomic mass is 9.80. The Labute approximate surface area is 130 Å². The molecule has 0 unspecified atom stereocenters. The maximum absolute atomic E-state index is 11.8. The number of aromatic nitrogens is 2. The van der Waals surface area contributed by atoms with E-state index in [2.05, 4.69) is 10.2 Å². The van der Waals surface area contributed by atoms with Crippen LogP contribution in [0, 0.1) is 5.92 Å². The minimum atomic E-state index is -0.407. The molecule has 118 valence electrons. The Morgan fingerprint density at radius 2 is 1.95 bits per heavy atom. The molecule has 1 aromatic rings. The molecule has 1 heterocycles. The van der Waals surface area contributed by atoms with E-state index in [0.717, 1.165) is 25.7 Å². The topological polar surface area (TPSA) is 65.2 Å². The van der Waals surface area contributed by atoms with Crippen molar-refractivity contribution in [2.75, 3.05) is 0 Å². The van der Waals surface area contributed by atoms with Gasteiger partial charge in [-0.05, 0) is 52.4 Å². The minimum absolute atomic E-state index is 0.104. The Balaban J connectivity index is 1.79. The highest BCUT2D eigenvalue weighted by atomic mass is 35.5. The fraction of sp³-hybridized carbons (Fsp3) is 0.800. The third-order valence-electron chi connectivity index (χ3n) is 3.67. The highest BCUT2D eigenvalue weighted by Crippen LogP contribution is 2.36. The number of carbonyl (C=O) groups is 1. The van der Waals surface area contributed by atoms with Crippen molar-refractivity contribution < 1.29 is 13.9 Å². The lowest BCUT2D eigenvalue weighted by Crippen LogP contribution is -2.26. The second-order valence-electron chi connectivity index (χ2n) is 6.68. The highest BCUT2D eigenvalue weighted by Gasteiger charge is 2.28. The maximum Gasteiger partial charge on any atom is 0.306 e. The summed E-state index contributed by atoms with van der Waals surface area (Å²) in [4.78, 5) is 11.8. The molecule has 1 fully saturated rings. The summed E-state index contributed by atoms with van der Waals surface area (Å²) in [6, 6.07) is 0. The molecule has 1 aromatic heterocycles. The standard InChI is InChI=1S/C15H23ClN2O3/c1-15(2,3)21-13(19)8-10-4-6-11(7-5-10)14-18-17-12(9-16)20-14/h10-11H,4-9H2,1-3H3. The summed E-state index contributed by atoms with van der Waals surface area (Å²) in [6.07, 6.45) is 4.42. The van der Waals surface area contributed by atoms with E-state index in [0.29, 0.717) is 30.0 Å². The normalized spacial score (nSPS) is 23.0. The van der Waals surface area contributed by atoms with Gasteiger partial charge in [-0.3, -0.25) is 4.79 Å². The van der Waals surface area contributed by atoms with Gasteiger partial charge in [-0.25, -0.2) is 0 Å². The number of rotatable bonds is 4. The first-order valence-corrected chi connectivity index (χ1v) is 8.01. The number of esters is 1. The molecule has 2 rings (SSSR count). The van der Waals surface area contributed by atoms with Crippen LogP contribution in [0.4, 0.5) is 0 Å². The van der Waals surface area contributed by atoms with Gasteiger partial charge in [0, 0.05) is 12.3 Å². The Hall–Kier alpha value is -1.10. The molecular weight excluding hydrogens is 292 g/mol. The minimum Gasteiger partial charge on any atom is -0.460 e. The van der Waals surface area contributed by atoms with Crippen molar-refractivity contribution >= 4 is 17.6 Å². The molecule has 6 heteroatoms. The lowest BCUT2D eigenvalue weighted by Gasteiger charge is -2.27. The zero-order valence-corrected chi connectivity index (χ0v) is 13.7. The summed E-state index contributed by atoms with van der Waals surface area (Å²) < 4.78 is 10.9. The van der Waals surface area contributed by atoms with Gasteiger partial charge in [-0.2, -0.15) is 0 Å². The highest BCUT2D eigenvalue weighted by molar-refractivity contribution is 6.16. The SMILES string of the molecule is CC(C)(C)OC(=O)CC1CCC(c2nnc(CCl)o2)CC1. The average Bonchev–Trinajstić information content (AvgIpc) is 2.86. The van der Waals surface area contributed by atoms with Gasteiger partial charge in [0.1, 0.15) is 11.5 Å². The predicted molar refractivity (Wildman–Crippen MR) is 79.0 cm³/mol. The van der Waals surface area contributed by atoms with Gasteiger partial charge in [-0.1, -0.05) is 0 Å². The molecule has 1 aliphatic carbocycles. The van der Waals surface area contributed by atoms with Crippen LogP contribution in [0.1, 0.15) is 70.6 Å². The molecule has 0 radical (unpaired) electrons. The zero-order chi connectivity index (χ0) is 15.5. The van der Waals surface area contributed by atoms with Crippen LogP contribution in [0.15, 0.2) is 4.42 Å². The molecule has 0 amide bonds. The fourth-order valence-corrected chi connectivity index (χ4v) is 2.83. The van der Waals surface area contributed by atoms with Crippen LogP contribution in [0.25, 0.3) is 0 Å². The van der Waals surface area contributed by atoms with E-state index >= 15 is 0 Å². The summed E-state index contributed by atoms with van der Waals surface area (Å²) >= 11 is 5.66. The molecule has 0 spiro atoms. The van der Waals surface area contributed by atoms with E-state index in [1.54, 1.807) is 0 Å². The first kappa shape index (κ1) is 16.3. The quantitative estimate of drug-likeness (QED) is 0.624. The van der Waals surface area contributed by atoms with Gasteiger partial charge < -0.3 is 9.15 Å². The van der Waals surface area contributed by atoms with Crippen molar-refractivity contribution in [1.29, 1.82) is 0 Å². The fourth-order valence-electron chi connectivity index (χ4n) is 2.72. The third kappa shape index (κ3) is 4.99. The first-order valence-electron chi connectivity index (χ1n) is 7.47. The van der Waals surface area contributed by atoms with Crippen molar-refractivity contribution in [3.63, 3.8) is 0 Å². The van der Waals surface area contributed by atoms with Crippen LogP contribution in [-0.2, 0) is 15.4 Å². The number of halogens is 1. The van der Waals surface area contributed by atoms with E-state index in [9.17, 15) is 4.79 Å². The number of carbonyl (C=O) groups excluding carboxylic acids is 1. The van der Waals surface area contributed by atoms with Crippen molar-refractivity contribution in [2.24, 2.45) is 5.92 Å². The van der Waals surface area contributed by atoms with Gasteiger partial charge in [0.25, 0.3) is 0 Å². The van der Waals surface area contributed by atoms with Crippen molar-refractivity contribution in [3.8, 4) is 0 Å². The van der Waals surface area contributed by atoms with Crippen LogP contribution in [0.3, 0.4) is 0 Å². The molecule has 1 saturated carbocycles. The lowest BCUT2D eigenvalue weighted by molar-refractivity contribution is -0.156. The maximum atomic E-state index is 11.8. The Morgan fingerprint density at radius 1 is 1.29 bits per heavy atom. The summed E-state index contributed by atoms with van der Waals surface area (Å²) in [5.74, 6) is 1.99. The Kier molecular flexibility index (Phi) is 5.25. The molecule has 5 nitrogen and oxygen atoms in total. The van der Waals surface area contributed by atoms with Crippen molar-refractivity contribution in [1.82, 2.24) is 10.2 Å². The van der Waals surface area contributed by atoms with Gasteiger partial charge in [0.2, 0.25) is 11.8 Å². The molecule has 0 aliphatic heterocycles. The monoisotopic (exact) mass is 314 g/mol. The zero-order valence-electron chi connectivity index (χ0n) is 12.9. The number of hydrogen-bond acceptors (Lipinski definition) is 5. The first-order chi connectivity index (χ1) is 9.87. The van der Waals surface area contributed by atoms with Gasteiger partial charge in [0.05, 0.1) is 0 Å². The number of nitrogens with zero attached hydrogens (tertiary/aromatic N) is 2. The van der Waals surface area contributed by atoms with E-state index in [-0.39, 0.29) is 11.8 Å². The molecular formula is C15H23ClN2O3. The van der Waals surface area contributed by atoms with Crippen LogP contribution in [0.2, 0.25) is 0 Å². The van der Waals surface area contributed by atoms with Gasteiger partial charge >= 0.3 is 5.97 Å². The second kappa shape index (κ2) is 6.77.